The van der Waals surface area contributed by atoms with E-state index >= 15 is 0 Å². The summed E-state index contributed by atoms with van der Waals surface area (Å²) >= 11 is 0. The second-order valence-electron chi connectivity index (χ2n) is 7.18. The standard InChI is InChI=1S/C22H27N5O2/c1-26-12-8-18(16-6-9-23-10-7-16)25-22(26)27-13-11-24-19(15-27)17-4-5-20(28-2)21(14-17)29-3/h4-10,14,19,24H,11-13,15H2,1-3H3. The third kappa shape index (κ3) is 4.05. The first-order chi connectivity index (χ1) is 14.2. The SMILES string of the molecule is COc1ccc(C2CN(C3=NC(c4ccncc4)=CCN3C)CCN2)cc1OC. The van der Waals surface area contributed by atoms with E-state index in [0.29, 0.717) is 0 Å². The fraction of sp³-hybridized carbons (Fsp3) is 0.364. The van der Waals surface area contributed by atoms with Crippen LogP contribution in [-0.4, -0.2) is 68.2 Å². The molecule has 2 aliphatic rings. The van der Waals surface area contributed by atoms with Crippen LogP contribution in [0.15, 0.2) is 53.8 Å². The van der Waals surface area contributed by atoms with E-state index in [1.807, 2.05) is 30.6 Å². The number of aromatic nitrogens is 1. The van der Waals surface area contributed by atoms with Crippen LogP contribution in [0.25, 0.3) is 5.70 Å². The summed E-state index contributed by atoms with van der Waals surface area (Å²) in [6.45, 7) is 3.47. The average molecular weight is 393 g/mol. The summed E-state index contributed by atoms with van der Waals surface area (Å²) in [6.07, 6.45) is 5.77. The molecule has 1 fully saturated rings. The summed E-state index contributed by atoms with van der Waals surface area (Å²) in [4.78, 5) is 13.6. The fourth-order valence-corrected chi connectivity index (χ4v) is 3.79. The highest BCUT2D eigenvalue weighted by Crippen LogP contribution is 2.31. The minimum atomic E-state index is 0.190. The lowest BCUT2D eigenvalue weighted by atomic mass is 10.0. The van der Waals surface area contributed by atoms with Gasteiger partial charge in [0.05, 0.1) is 26.0 Å². The number of hydrogen-bond donors (Lipinski definition) is 1. The molecule has 0 saturated carbocycles. The second kappa shape index (κ2) is 8.53. The van der Waals surface area contributed by atoms with Crippen molar-refractivity contribution in [3.63, 3.8) is 0 Å². The van der Waals surface area contributed by atoms with E-state index in [4.69, 9.17) is 14.5 Å². The number of methoxy groups -OCH3 is 2. The van der Waals surface area contributed by atoms with Gasteiger partial charge in [-0.2, -0.15) is 0 Å². The molecule has 7 nitrogen and oxygen atoms in total. The number of pyridine rings is 1. The molecule has 3 heterocycles. The highest BCUT2D eigenvalue weighted by Gasteiger charge is 2.27. The Bertz CT molecular complexity index is 913. The van der Waals surface area contributed by atoms with Crippen molar-refractivity contribution in [2.75, 3.05) is 47.4 Å². The lowest BCUT2D eigenvalue weighted by Gasteiger charge is -2.39. The van der Waals surface area contributed by atoms with Crippen molar-refractivity contribution in [3.8, 4) is 11.5 Å². The van der Waals surface area contributed by atoms with Crippen molar-refractivity contribution in [1.82, 2.24) is 20.1 Å². The van der Waals surface area contributed by atoms with E-state index in [1.165, 1.54) is 5.56 Å². The average Bonchev–Trinajstić information content (AvgIpc) is 2.79. The van der Waals surface area contributed by atoms with Gasteiger partial charge in [-0.05, 0) is 35.9 Å². The van der Waals surface area contributed by atoms with Gasteiger partial charge in [-0.3, -0.25) is 4.98 Å². The number of nitrogens with zero attached hydrogens (tertiary/aromatic N) is 4. The van der Waals surface area contributed by atoms with Crippen molar-refractivity contribution in [3.05, 3.63) is 59.9 Å². The summed E-state index contributed by atoms with van der Waals surface area (Å²) in [5.41, 5.74) is 3.27. The fourth-order valence-electron chi connectivity index (χ4n) is 3.79. The van der Waals surface area contributed by atoms with E-state index in [0.717, 1.165) is 54.9 Å². The van der Waals surface area contributed by atoms with Gasteiger partial charge in [0.1, 0.15) is 0 Å². The molecule has 2 aromatic rings. The number of ether oxygens (including phenoxy) is 2. The molecule has 1 aromatic heterocycles. The van der Waals surface area contributed by atoms with Crippen molar-refractivity contribution >= 4 is 11.7 Å². The number of nitrogens with one attached hydrogen (secondary N) is 1. The molecular formula is C22H27N5O2. The van der Waals surface area contributed by atoms with Gasteiger partial charge in [0.15, 0.2) is 11.5 Å². The van der Waals surface area contributed by atoms with Crippen LogP contribution in [-0.2, 0) is 0 Å². The maximum absolute atomic E-state index is 5.48. The molecule has 1 aromatic carbocycles. The summed E-state index contributed by atoms with van der Waals surface area (Å²) in [7, 11) is 5.41. The topological polar surface area (TPSA) is 62.2 Å². The van der Waals surface area contributed by atoms with Crippen molar-refractivity contribution < 1.29 is 9.47 Å². The first kappa shape index (κ1) is 19.3. The van der Waals surface area contributed by atoms with E-state index in [2.05, 4.69) is 45.4 Å². The van der Waals surface area contributed by atoms with Crippen molar-refractivity contribution in [2.45, 2.75) is 6.04 Å². The Morgan fingerprint density at radius 3 is 2.62 bits per heavy atom. The highest BCUT2D eigenvalue weighted by molar-refractivity contribution is 5.88. The quantitative estimate of drug-likeness (QED) is 0.861. The number of aliphatic imine (C=N–C) groups is 1. The lowest BCUT2D eigenvalue weighted by molar-refractivity contribution is 0.265. The van der Waals surface area contributed by atoms with Gasteiger partial charge in [0, 0.05) is 51.2 Å². The van der Waals surface area contributed by atoms with Gasteiger partial charge in [0.25, 0.3) is 0 Å². The predicted molar refractivity (Wildman–Crippen MR) is 114 cm³/mol. The zero-order valence-corrected chi connectivity index (χ0v) is 17.1. The molecule has 1 saturated heterocycles. The van der Waals surface area contributed by atoms with Gasteiger partial charge >= 0.3 is 0 Å². The van der Waals surface area contributed by atoms with E-state index in [9.17, 15) is 0 Å². The van der Waals surface area contributed by atoms with Crippen LogP contribution in [0.2, 0.25) is 0 Å². The summed E-state index contributed by atoms with van der Waals surface area (Å²) in [5.74, 6) is 2.50. The Labute approximate surface area is 171 Å². The molecule has 1 unspecified atom stereocenters. The number of guanidine groups is 1. The molecule has 7 heteroatoms. The third-order valence-electron chi connectivity index (χ3n) is 5.36. The number of likely N-dealkylation sites (N-methyl/N-ethyl adjacent to an activating group) is 1. The Morgan fingerprint density at radius 2 is 1.86 bits per heavy atom. The van der Waals surface area contributed by atoms with Gasteiger partial charge in [-0.1, -0.05) is 6.07 Å². The first-order valence-electron chi connectivity index (χ1n) is 9.80. The molecular weight excluding hydrogens is 366 g/mol. The normalized spacial score (nSPS) is 19.5. The van der Waals surface area contributed by atoms with Crippen LogP contribution in [0.3, 0.4) is 0 Å². The maximum atomic E-state index is 5.48. The van der Waals surface area contributed by atoms with Crippen LogP contribution in [0.4, 0.5) is 0 Å². The highest BCUT2D eigenvalue weighted by atomic mass is 16.5. The molecule has 29 heavy (non-hydrogen) atoms. The second-order valence-corrected chi connectivity index (χ2v) is 7.18. The predicted octanol–water partition coefficient (Wildman–Crippen LogP) is 2.39. The van der Waals surface area contributed by atoms with Crippen molar-refractivity contribution in [2.24, 2.45) is 4.99 Å². The Kier molecular flexibility index (Phi) is 5.67. The summed E-state index contributed by atoms with van der Waals surface area (Å²) < 4.78 is 10.9. The molecule has 0 bridgehead atoms. The maximum Gasteiger partial charge on any atom is 0.201 e. The van der Waals surface area contributed by atoms with E-state index in [1.54, 1.807) is 14.2 Å². The molecule has 0 radical (unpaired) electrons. The molecule has 0 spiro atoms. The van der Waals surface area contributed by atoms with Gasteiger partial charge in [-0.25, -0.2) is 4.99 Å². The molecule has 0 aliphatic carbocycles. The molecule has 4 rings (SSSR count). The minimum Gasteiger partial charge on any atom is -0.493 e. The molecule has 1 N–H and O–H groups in total. The number of benzene rings is 1. The smallest absolute Gasteiger partial charge is 0.201 e. The molecule has 0 amide bonds. The molecule has 2 aliphatic heterocycles. The van der Waals surface area contributed by atoms with Crippen LogP contribution >= 0.6 is 0 Å². The number of rotatable bonds is 4. The van der Waals surface area contributed by atoms with E-state index in [-0.39, 0.29) is 6.04 Å². The molecule has 152 valence electrons. The monoisotopic (exact) mass is 393 g/mol. The molecule has 1 atom stereocenters. The third-order valence-corrected chi connectivity index (χ3v) is 5.36. The van der Waals surface area contributed by atoms with E-state index < -0.39 is 0 Å². The number of piperazine rings is 1. The van der Waals surface area contributed by atoms with Crippen LogP contribution in [0.1, 0.15) is 17.2 Å². The first-order valence-corrected chi connectivity index (χ1v) is 9.80. The zero-order chi connectivity index (χ0) is 20.2. The Hall–Kier alpha value is -3.06. The number of hydrogen-bond acceptors (Lipinski definition) is 7. The minimum absolute atomic E-state index is 0.190. The van der Waals surface area contributed by atoms with Crippen LogP contribution in [0, 0.1) is 0 Å². The summed E-state index contributed by atoms with van der Waals surface area (Å²) in [5, 5.41) is 3.62. The van der Waals surface area contributed by atoms with Gasteiger partial charge in [-0.15, -0.1) is 0 Å². The Morgan fingerprint density at radius 1 is 1.07 bits per heavy atom. The van der Waals surface area contributed by atoms with Gasteiger partial charge in [0.2, 0.25) is 5.96 Å². The van der Waals surface area contributed by atoms with Crippen LogP contribution in [0.5, 0.6) is 11.5 Å². The van der Waals surface area contributed by atoms with Crippen LogP contribution < -0.4 is 14.8 Å². The zero-order valence-electron chi connectivity index (χ0n) is 17.1. The largest absolute Gasteiger partial charge is 0.493 e. The van der Waals surface area contributed by atoms with Crippen molar-refractivity contribution in [1.29, 1.82) is 0 Å². The lowest BCUT2D eigenvalue weighted by Crippen LogP contribution is -2.53. The Balaban J connectivity index is 1.56. The van der Waals surface area contributed by atoms with Gasteiger partial charge < -0.3 is 24.6 Å². The summed E-state index contributed by atoms with van der Waals surface area (Å²) in [6, 6.07) is 10.3.